The summed E-state index contributed by atoms with van der Waals surface area (Å²) in [5.74, 6) is -0.448. The third-order valence-electron chi connectivity index (χ3n) is 5.10. The predicted octanol–water partition coefficient (Wildman–Crippen LogP) is 2.17. The zero-order valence-corrected chi connectivity index (χ0v) is 15.5. The van der Waals surface area contributed by atoms with E-state index in [0.717, 1.165) is 12.1 Å². The molecule has 7 nitrogen and oxygen atoms in total. The van der Waals surface area contributed by atoms with Crippen molar-refractivity contribution >= 4 is 22.6 Å². The second-order valence-electron chi connectivity index (χ2n) is 7.12. The number of hydrogen-bond acceptors (Lipinski definition) is 6. The van der Waals surface area contributed by atoms with E-state index >= 15 is 0 Å². The number of aliphatic hydroxyl groups is 1. The van der Waals surface area contributed by atoms with Crippen molar-refractivity contribution in [2.75, 3.05) is 44.4 Å². The minimum Gasteiger partial charge on any atom is -0.449 e. The maximum absolute atomic E-state index is 13.2. The average Bonchev–Trinajstić information content (AvgIpc) is 3.01. The molecule has 1 fully saturated rings. The van der Waals surface area contributed by atoms with Gasteiger partial charge in [-0.05, 0) is 24.6 Å². The Kier molecular flexibility index (Phi) is 5.41. The number of benzene rings is 1. The summed E-state index contributed by atoms with van der Waals surface area (Å²) >= 11 is 0. The Morgan fingerprint density at radius 3 is 2.79 bits per heavy atom. The first-order valence-electron chi connectivity index (χ1n) is 9.37. The molecule has 1 aromatic heterocycles. The van der Waals surface area contributed by atoms with Crippen molar-refractivity contribution in [1.29, 1.82) is 0 Å². The molecule has 2 unspecified atom stereocenters. The molecule has 10 heteroatoms. The molecule has 4 rings (SSSR count). The van der Waals surface area contributed by atoms with Crippen LogP contribution in [0.4, 0.5) is 18.9 Å². The van der Waals surface area contributed by atoms with E-state index in [2.05, 4.69) is 5.32 Å². The molecular weight excluding hydrogens is 393 g/mol. The van der Waals surface area contributed by atoms with E-state index in [9.17, 15) is 23.1 Å². The van der Waals surface area contributed by atoms with Gasteiger partial charge in [0.2, 0.25) is 5.76 Å². The first-order chi connectivity index (χ1) is 13.9. The third-order valence-corrected chi connectivity index (χ3v) is 5.10. The Hall–Kier alpha value is -2.30. The minimum atomic E-state index is -4.50. The molecule has 0 spiro atoms. The van der Waals surface area contributed by atoms with Crippen LogP contribution in [0.15, 0.2) is 22.6 Å². The average molecular weight is 414 g/mol. The van der Waals surface area contributed by atoms with Gasteiger partial charge in [-0.1, -0.05) is 0 Å². The van der Waals surface area contributed by atoms with Crippen LogP contribution in [-0.2, 0) is 15.7 Å². The van der Waals surface area contributed by atoms with Crippen LogP contribution in [0, 0.1) is 0 Å². The number of amides is 1. The van der Waals surface area contributed by atoms with Gasteiger partial charge in [0.1, 0.15) is 11.7 Å². The van der Waals surface area contributed by atoms with Crippen molar-refractivity contribution in [3.8, 4) is 0 Å². The van der Waals surface area contributed by atoms with Gasteiger partial charge in [0.15, 0.2) is 0 Å². The smallest absolute Gasteiger partial charge is 0.416 e. The number of nitrogens with zero attached hydrogens (tertiary/aromatic N) is 1. The van der Waals surface area contributed by atoms with Crippen molar-refractivity contribution in [3.05, 3.63) is 29.5 Å². The van der Waals surface area contributed by atoms with Gasteiger partial charge in [-0.3, -0.25) is 4.79 Å². The monoisotopic (exact) mass is 414 g/mol. The summed E-state index contributed by atoms with van der Waals surface area (Å²) in [6.45, 7) is 1.74. The molecule has 3 heterocycles. The molecule has 1 amide bonds. The molecule has 0 radical (unpaired) electrons. The number of anilines is 1. The number of carbonyl (C=O) groups is 1. The summed E-state index contributed by atoms with van der Waals surface area (Å²) in [6, 6.07) is 3.20. The van der Waals surface area contributed by atoms with Gasteiger partial charge in [-0.25, -0.2) is 0 Å². The summed E-state index contributed by atoms with van der Waals surface area (Å²) in [6.07, 6.45) is -4.61. The van der Waals surface area contributed by atoms with Gasteiger partial charge < -0.3 is 29.2 Å². The summed E-state index contributed by atoms with van der Waals surface area (Å²) in [5.41, 5.74) is -0.216. The zero-order valence-electron chi connectivity index (χ0n) is 15.5. The number of aliphatic hydroxyl groups excluding tert-OH is 1. The highest BCUT2D eigenvalue weighted by atomic mass is 19.4. The van der Waals surface area contributed by atoms with Crippen LogP contribution in [0.5, 0.6) is 0 Å². The molecule has 2 aromatic rings. The molecule has 2 aliphatic rings. The number of fused-ring (bicyclic) bond motifs is 3. The van der Waals surface area contributed by atoms with Gasteiger partial charge in [0, 0.05) is 25.0 Å². The normalized spacial score (nSPS) is 23.0. The minimum absolute atomic E-state index is 0.00544. The Morgan fingerprint density at radius 2 is 2.03 bits per heavy atom. The van der Waals surface area contributed by atoms with Gasteiger partial charge in [-0.2, -0.15) is 13.2 Å². The fourth-order valence-electron chi connectivity index (χ4n) is 3.68. The summed E-state index contributed by atoms with van der Waals surface area (Å²) < 4.78 is 56.4. The van der Waals surface area contributed by atoms with E-state index < -0.39 is 17.6 Å². The van der Waals surface area contributed by atoms with Crippen LogP contribution in [0.1, 0.15) is 22.5 Å². The Bertz CT molecular complexity index is 898. The topological polar surface area (TPSA) is 84.2 Å². The molecule has 0 saturated carbocycles. The largest absolute Gasteiger partial charge is 0.449 e. The number of furan rings is 1. The zero-order chi connectivity index (χ0) is 20.6. The fraction of sp³-hybridized carbons (Fsp3) is 0.526. The van der Waals surface area contributed by atoms with E-state index in [1.165, 1.54) is 6.07 Å². The SMILES string of the molecule is O=C1NCCN(CCC2COCC(CO)O2)c2c1oc1ccc(C(F)(F)F)cc21. The van der Waals surface area contributed by atoms with Crippen molar-refractivity contribution in [1.82, 2.24) is 5.32 Å². The molecule has 29 heavy (non-hydrogen) atoms. The molecule has 0 bridgehead atoms. The highest BCUT2D eigenvalue weighted by molar-refractivity contribution is 6.07. The van der Waals surface area contributed by atoms with Gasteiger partial charge in [-0.15, -0.1) is 0 Å². The second kappa shape index (κ2) is 7.85. The number of alkyl halides is 3. The number of nitrogens with one attached hydrogen (secondary N) is 1. The summed E-state index contributed by atoms with van der Waals surface area (Å²) in [7, 11) is 0. The first kappa shape index (κ1) is 20.0. The lowest BCUT2D eigenvalue weighted by atomic mass is 10.1. The predicted molar refractivity (Wildman–Crippen MR) is 96.9 cm³/mol. The highest BCUT2D eigenvalue weighted by Crippen LogP contribution is 2.39. The van der Waals surface area contributed by atoms with E-state index in [-0.39, 0.29) is 35.5 Å². The molecule has 1 aromatic carbocycles. The van der Waals surface area contributed by atoms with Crippen LogP contribution in [0.25, 0.3) is 11.0 Å². The lowest BCUT2D eigenvalue weighted by molar-refractivity contribution is -0.151. The molecule has 2 N–H and O–H groups in total. The number of rotatable bonds is 4. The molecule has 2 aliphatic heterocycles. The lowest BCUT2D eigenvalue weighted by Gasteiger charge is -2.31. The Labute approximate surface area is 164 Å². The van der Waals surface area contributed by atoms with Crippen molar-refractivity contribution in [3.63, 3.8) is 0 Å². The quantitative estimate of drug-likeness (QED) is 0.798. The van der Waals surface area contributed by atoms with Crippen molar-refractivity contribution in [2.24, 2.45) is 0 Å². The first-order valence-corrected chi connectivity index (χ1v) is 9.37. The number of halogens is 3. The van der Waals surface area contributed by atoms with Crippen LogP contribution < -0.4 is 10.2 Å². The number of ether oxygens (including phenoxy) is 2. The van der Waals surface area contributed by atoms with E-state index in [0.29, 0.717) is 45.0 Å². The van der Waals surface area contributed by atoms with E-state index in [4.69, 9.17) is 13.9 Å². The van der Waals surface area contributed by atoms with Crippen LogP contribution >= 0.6 is 0 Å². The van der Waals surface area contributed by atoms with Crippen LogP contribution in [0.2, 0.25) is 0 Å². The molecule has 1 saturated heterocycles. The maximum Gasteiger partial charge on any atom is 0.416 e. The number of hydrogen-bond donors (Lipinski definition) is 2. The van der Waals surface area contributed by atoms with E-state index in [1.807, 2.05) is 4.90 Å². The van der Waals surface area contributed by atoms with Crippen molar-refractivity contribution in [2.45, 2.75) is 24.8 Å². The Morgan fingerprint density at radius 1 is 1.24 bits per heavy atom. The third kappa shape index (κ3) is 4.05. The summed E-state index contributed by atoms with van der Waals surface area (Å²) in [4.78, 5) is 14.2. The standard InChI is InChI=1S/C19H21F3N2O5/c20-19(21,22)11-1-2-15-14(7-11)16-17(29-15)18(26)23-4-6-24(16)5-3-12-9-27-10-13(8-25)28-12/h1-2,7,12-13,25H,3-6,8-10H2,(H,23,26). The van der Waals surface area contributed by atoms with Crippen molar-refractivity contribution < 1.29 is 37.0 Å². The summed E-state index contributed by atoms with van der Waals surface area (Å²) in [5, 5.41) is 12.2. The maximum atomic E-state index is 13.2. The molecule has 2 atom stereocenters. The molecular formula is C19H21F3N2O5. The second-order valence-corrected chi connectivity index (χ2v) is 7.12. The Balaban J connectivity index is 1.64. The van der Waals surface area contributed by atoms with Gasteiger partial charge in [0.05, 0.1) is 37.2 Å². The number of carbonyl (C=O) groups excluding carboxylic acids is 1. The lowest BCUT2D eigenvalue weighted by Crippen LogP contribution is -2.40. The molecule has 158 valence electrons. The van der Waals surface area contributed by atoms with Crippen LogP contribution in [0.3, 0.4) is 0 Å². The fourth-order valence-corrected chi connectivity index (χ4v) is 3.68. The van der Waals surface area contributed by atoms with E-state index in [1.54, 1.807) is 0 Å². The van der Waals surface area contributed by atoms with Gasteiger partial charge >= 0.3 is 6.18 Å². The molecule has 0 aliphatic carbocycles. The van der Waals surface area contributed by atoms with Crippen LogP contribution in [-0.4, -0.2) is 62.7 Å². The highest BCUT2D eigenvalue weighted by Gasteiger charge is 2.34. The van der Waals surface area contributed by atoms with Gasteiger partial charge in [0.25, 0.3) is 5.91 Å².